The first kappa shape index (κ1) is 16.2. The predicted octanol–water partition coefficient (Wildman–Crippen LogP) is 1.54. The van der Waals surface area contributed by atoms with Crippen molar-refractivity contribution >= 4 is 6.03 Å². The van der Waals surface area contributed by atoms with Crippen LogP contribution in [0.5, 0.6) is 0 Å². The number of carbonyl (C=O) groups excluding carboxylic acids is 1. The Labute approximate surface area is 117 Å². The quantitative estimate of drug-likeness (QED) is 0.745. The number of urea groups is 1. The topological polar surface area (TPSA) is 44.8 Å². The number of ether oxygens (including phenoxy) is 1. The third kappa shape index (κ3) is 5.78. The van der Waals surface area contributed by atoms with Crippen LogP contribution < -0.4 is 5.32 Å². The first-order chi connectivity index (χ1) is 9.19. The van der Waals surface area contributed by atoms with Crippen LogP contribution in [0.15, 0.2) is 0 Å². The molecule has 1 N–H and O–H groups in total. The van der Waals surface area contributed by atoms with Crippen molar-refractivity contribution in [1.82, 2.24) is 15.1 Å². The molecule has 0 aromatic heterocycles. The molecule has 1 heterocycles. The Balaban J connectivity index is 2.22. The zero-order chi connectivity index (χ0) is 14.1. The number of rotatable bonds is 6. The van der Waals surface area contributed by atoms with Crippen molar-refractivity contribution in [3.63, 3.8) is 0 Å². The minimum absolute atomic E-state index is 0.0533. The predicted molar refractivity (Wildman–Crippen MR) is 77.4 cm³/mol. The van der Waals surface area contributed by atoms with Crippen molar-refractivity contribution < 1.29 is 9.53 Å². The molecule has 1 saturated heterocycles. The Morgan fingerprint density at radius 3 is 2.79 bits per heavy atom. The third-order valence-electron chi connectivity index (χ3n) is 3.77. The zero-order valence-corrected chi connectivity index (χ0v) is 12.7. The van der Waals surface area contributed by atoms with Gasteiger partial charge in [0.1, 0.15) is 0 Å². The second-order valence-electron chi connectivity index (χ2n) is 5.06. The second kappa shape index (κ2) is 9.15. The number of amides is 2. The fraction of sp³-hybridized carbons (Fsp3) is 0.929. The van der Waals surface area contributed by atoms with Gasteiger partial charge < -0.3 is 19.9 Å². The Hall–Kier alpha value is -0.810. The Morgan fingerprint density at radius 1 is 1.37 bits per heavy atom. The molecule has 1 atom stereocenters. The molecular formula is C14H29N3O2. The van der Waals surface area contributed by atoms with Gasteiger partial charge in [0.05, 0.1) is 6.61 Å². The Kier molecular flexibility index (Phi) is 7.82. The van der Waals surface area contributed by atoms with E-state index in [0.717, 1.165) is 45.6 Å². The molecule has 112 valence electrons. The molecule has 0 saturated carbocycles. The molecular weight excluding hydrogens is 242 g/mol. The first-order valence-corrected chi connectivity index (χ1v) is 7.53. The lowest BCUT2D eigenvalue weighted by Crippen LogP contribution is -2.46. The van der Waals surface area contributed by atoms with Crippen molar-refractivity contribution in [2.75, 3.05) is 45.9 Å². The van der Waals surface area contributed by atoms with Gasteiger partial charge in [0.25, 0.3) is 0 Å². The maximum absolute atomic E-state index is 12.1. The lowest BCUT2D eigenvalue weighted by atomic mass is 10.2. The van der Waals surface area contributed by atoms with E-state index in [9.17, 15) is 4.79 Å². The van der Waals surface area contributed by atoms with E-state index in [-0.39, 0.29) is 12.1 Å². The summed E-state index contributed by atoms with van der Waals surface area (Å²) in [5.74, 6) is 0. The van der Waals surface area contributed by atoms with Gasteiger partial charge in [0.15, 0.2) is 0 Å². The summed E-state index contributed by atoms with van der Waals surface area (Å²) >= 11 is 0. The standard InChI is InChI=1S/C14H29N3O2/c1-4-16(5-2)9-6-8-15-14(18)17-10-12-19-11-7-13(17)3/h13H,4-12H2,1-3H3,(H,15,18)/t13-/m0/s1. The molecule has 2 amide bonds. The van der Waals surface area contributed by atoms with Crippen LogP contribution >= 0.6 is 0 Å². The van der Waals surface area contributed by atoms with Gasteiger partial charge in [-0.25, -0.2) is 4.79 Å². The van der Waals surface area contributed by atoms with Gasteiger partial charge in [-0.2, -0.15) is 0 Å². The normalized spacial score (nSPS) is 20.4. The Bertz CT molecular complexity index is 257. The lowest BCUT2D eigenvalue weighted by Gasteiger charge is -2.26. The van der Waals surface area contributed by atoms with Crippen LogP contribution in [0.1, 0.15) is 33.6 Å². The monoisotopic (exact) mass is 271 g/mol. The molecule has 0 spiro atoms. The first-order valence-electron chi connectivity index (χ1n) is 7.53. The van der Waals surface area contributed by atoms with E-state index in [1.165, 1.54) is 0 Å². The molecule has 0 aromatic carbocycles. The Morgan fingerprint density at radius 2 is 2.11 bits per heavy atom. The van der Waals surface area contributed by atoms with Gasteiger partial charge in [-0.05, 0) is 39.4 Å². The zero-order valence-electron chi connectivity index (χ0n) is 12.7. The average Bonchev–Trinajstić information content (AvgIpc) is 2.63. The number of hydrogen-bond acceptors (Lipinski definition) is 3. The highest BCUT2D eigenvalue weighted by molar-refractivity contribution is 5.74. The molecule has 19 heavy (non-hydrogen) atoms. The lowest BCUT2D eigenvalue weighted by molar-refractivity contribution is 0.142. The summed E-state index contributed by atoms with van der Waals surface area (Å²) in [4.78, 5) is 16.4. The molecule has 5 nitrogen and oxygen atoms in total. The van der Waals surface area contributed by atoms with Gasteiger partial charge in [-0.3, -0.25) is 0 Å². The third-order valence-corrected chi connectivity index (χ3v) is 3.77. The SMILES string of the molecule is CCN(CC)CCCNC(=O)N1CCOCC[C@@H]1C. The maximum Gasteiger partial charge on any atom is 0.317 e. The summed E-state index contributed by atoms with van der Waals surface area (Å²) in [5.41, 5.74) is 0. The van der Waals surface area contributed by atoms with E-state index in [1.807, 2.05) is 4.90 Å². The fourth-order valence-corrected chi connectivity index (χ4v) is 2.34. The number of carbonyl (C=O) groups is 1. The molecule has 1 rings (SSSR count). The summed E-state index contributed by atoms with van der Waals surface area (Å²) in [6, 6.07) is 0.322. The van der Waals surface area contributed by atoms with Gasteiger partial charge >= 0.3 is 6.03 Å². The maximum atomic E-state index is 12.1. The van der Waals surface area contributed by atoms with Gasteiger partial charge in [0, 0.05) is 25.7 Å². The molecule has 5 heteroatoms. The van der Waals surface area contributed by atoms with E-state index in [4.69, 9.17) is 4.74 Å². The largest absolute Gasteiger partial charge is 0.380 e. The van der Waals surface area contributed by atoms with Crippen LogP contribution in [-0.4, -0.2) is 67.8 Å². The van der Waals surface area contributed by atoms with E-state index >= 15 is 0 Å². The molecule has 0 radical (unpaired) electrons. The van der Waals surface area contributed by atoms with Gasteiger partial charge in [0.2, 0.25) is 0 Å². The summed E-state index contributed by atoms with van der Waals surface area (Å²) < 4.78 is 5.40. The smallest absolute Gasteiger partial charge is 0.317 e. The van der Waals surface area contributed by atoms with Crippen LogP contribution in [0.2, 0.25) is 0 Å². The number of hydrogen-bond donors (Lipinski definition) is 1. The molecule has 1 fully saturated rings. The molecule has 1 aliphatic heterocycles. The molecule has 0 unspecified atom stereocenters. The summed E-state index contributed by atoms with van der Waals surface area (Å²) in [5, 5.41) is 3.02. The van der Waals surface area contributed by atoms with Crippen LogP contribution in [0.25, 0.3) is 0 Å². The minimum atomic E-state index is 0.0533. The minimum Gasteiger partial charge on any atom is -0.380 e. The van der Waals surface area contributed by atoms with Crippen molar-refractivity contribution in [1.29, 1.82) is 0 Å². The van der Waals surface area contributed by atoms with E-state index < -0.39 is 0 Å². The van der Waals surface area contributed by atoms with Crippen LogP contribution in [-0.2, 0) is 4.74 Å². The average molecular weight is 271 g/mol. The molecule has 1 aliphatic rings. The highest BCUT2D eigenvalue weighted by Crippen LogP contribution is 2.08. The van der Waals surface area contributed by atoms with Gasteiger partial charge in [-0.15, -0.1) is 0 Å². The van der Waals surface area contributed by atoms with Gasteiger partial charge in [-0.1, -0.05) is 13.8 Å². The summed E-state index contributed by atoms with van der Waals surface area (Å²) in [6.45, 7) is 12.5. The number of nitrogens with zero attached hydrogens (tertiary/aromatic N) is 2. The van der Waals surface area contributed by atoms with Crippen LogP contribution in [0.3, 0.4) is 0 Å². The number of nitrogens with one attached hydrogen (secondary N) is 1. The fourth-order valence-electron chi connectivity index (χ4n) is 2.34. The highest BCUT2D eigenvalue weighted by atomic mass is 16.5. The van der Waals surface area contributed by atoms with E-state index in [1.54, 1.807) is 0 Å². The summed E-state index contributed by atoms with van der Waals surface area (Å²) in [6.07, 6.45) is 1.93. The molecule has 0 aliphatic carbocycles. The van der Waals surface area contributed by atoms with Crippen molar-refractivity contribution in [2.24, 2.45) is 0 Å². The van der Waals surface area contributed by atoms with Crippen molar-refractivity contribution in [3.05, 3.63) is 0 Å². The van der Waals surface area contributed by atoms with Crippen LogP contribution in [0.4, 0.5) is 4.79 Å². The van der Waals surface area contributed by atoms with E-state index in [2.05, 4.69) is 31.0 Å². The van der Waals surface area contributed by atoms with Crippen LogP contribution in [0, 0.1) is 0 Å². The molecule has 0 aromatic rings. The second-order valence-corrected chi connectivity index (χ2v) is 5.06. The summed E-state index contributed by atoms with van der Waals surface area (Å²) in [7, 11) is 0. The highest BCUT2D eigenvalue weighted by Gasteiger charge is 2.21. The van der Waals surface area contributed by atoms with E-state index in [0.29, 0.717) is 13.2 Å². The molecule has 0 bridgehead atoms. The van der Waals surface area contributed by atoms with Crippen molar-refractivity contribution in [3.8, 4) is 0 Å². The van der Waals surface area contributed by atoms with Crippen molar-refractivity contribution in [2.45, 2.75) is 39.7 Å².